The van der Waals surface area contributed by atoms with Gasteiger partial charge in [-0.1, -0.05) is 23.2 Å². The number of aromatic amines is 1. The second kappa shape index (κ2) is 4.16. The van der Waals surface area contributed by atoms with E-state index in [0.717, 1.165) is 27.0 Å². The molecule has 0 spiro atoms. The number of thiazole rings is 1. The third-order valence-corrected chi connectivity index (χ3v) is 4.08. The average molecular weight is 298 g/mol. The molecule has 1 aromatic carbocycles. The van der Waals surface area contributed by atoms with Gasteiger partial charge in [0.05, 0.1) is 10.7 Å². The normalized spacial score (nSPS) is 11.3. The van der Waals surface area contributed by atoms with Crippen molar-refractivity contribution < 1.29 is 0 Å². The molecule has 0 aliphatic heterocycles. The molecule has 92 valence electrons. The standard InChI is InChI=1S/C12H9Cl2N3S/c1-5-11(17-12(15)18-5)7-4-16-9-3-6(13)2-8(14)10(7)9/h2-4,16H,1H3,(H2,15,17). The Hall–Kier alpha value is -1.23. The fourth-order valence-electron chi connectivity index (χ4n) is 2.04. The van der Waals surface area contributed by atoms with E-state index in [9.17, 15) is 0 Å². The monoisotopic (exact) mass is 297 g/mol. The minimum atomic E-state index is 0.557. The lowest BCUT2D eigenvalue weighted by Gasteiger charge is -2.00. The van der Waals surface area contributed by atoms with Gasteiger partial charge in [-0.3, -0.25) is 0 Å². The van der Waals surface area contributed by atoms with Crippen LogP contribution in [0.1, 0.15) is 4.88 Å². The zero-order chi connectivity index (χ0) is 12.9. The van der Waals surface area contributed by atoms with Crippen LogP contribution in [-0.4, -0.2) is 9.97 Å². The van der Waals surface area contributed by atoms with Crippen molar-refractivity contribution in [1.82, 2.24) is 9.97 Å². The van der Waals surface area contributed by atoms with Crippen molar-refractivity contribution in [3.63, 3.8) is 0 Å². The number of halogens is 2. The Labute approximate surface area is 118 Å². The van der Waals surface area contributed by atoms with Crippen LogP contribution in [-0.2, 0) is 0 Å². The average Bonchev–Trinajstić information content (AvgIpc) is 2.81. The summed E-state index contributed by atoms with van der Waals surface area (Å²) in [5.41, 5.74) is 8.46. The van der Waals surface area contributed by atoms with Gasteiger partial charge >= 0.3 is 0 Å². The molecule has 18 heavy (non-hydrogen) atoms. The van der Waals surface area contributed by atoms with Crippen LogP contribution in [0.5, 0.6) is 0 Å². The van der Waals surface area contributed by atoms with E-state index in [2.05, 4.69) is 9.97 Å². The molecule has 0 bridgehead atoms. The molecule has 0 fully saturated rings. The molecule has 2 aromatic heterocycles. The number of aryl methyl sites for hydroxylation is 1. The first-order chi connectivity index (χ1) is 8.56. The highest BCUT2D eigenvalue weighted by atomic mass is 35.5. The lowest BCUT2D eigenvalue weighted by atomic mass is 10.1. The van der Waals surface area contributed by atoms with Crippen LogP contribution < -0.4 is 5.73 Å². The summed E-state index contributed by atoms with van der Waals surface area (Å²) in [6.45, 7) is 1.99. The van der Waals surface area contributed by atoms with E-state index >= 15 is 0 Å². The van der Waals surface area contributed by atoms with Gasteiger partial charge in [-0.15, -0.1) is 11.3 Å². The number of rotatable bonds is 1. The van der Waals surface area contributed by atoms with Crippen molar-refractivity contribution in [2.45, 2.75) is 6.92 Å². The Morgan fingerprint density at radius 1 is 1.33 bits per heavy atom. The minimum absolute atomic E-state index is 0.557. The van der Waals surface area contributed by atoms with Crippen molar-refractivity contribution in [3.05, 3.63) is 33.3 Å². The number of aromatic nitrogens is 2. The number of fused-ring (bicyclic) bond motifs is 1. The van der Waals surface area contributed by atoms with E-state index in [1.807, 2.05) is 19.2 Å². The summed E-state index contributed by atoms with van der Waals surface area (Å²) in [4.78, 5) is 8.58. The molecule has 0 aliphatic rings. The van der Waals surface area contributed by atoms with E-state index in [1.165, 1.54) is 11.3 Å². The van der Waals surface area contributed by atoms with Crippen molar-refractivity contribution in [3.8, 4) is 11.3 Å². The fraction of sp³-hybridized carbons (Fsp3) is 0.0833. The molecule has 6 heteroatoms. The van der Waals surface area contributed by atoms with Gasteiger partial charge in [0.25, 0.3) is 0 Å². The highest BCUT2D eigenvalue weighted by molar-refractivity contribution is 7.15. The third-order valence-electron chi connectivity index (χ3n) is 2.76. The number of nitrogens with two attached hydrogens (primary N) is 1. The molecule has 3 N–H and O–H groups in total. The van der Waals surface area contributed by atoms with E-state index in [-0.39, 0.29) is 0 Å². The lowest BCUT2D eigenvalue weighted by molar-refractivity contribution is 1.38. The fourth-order valence-corrected chi connectivity index (χ4v) is 3.33. The number of hydrogen-bond acceptors (Lipinski definition) is 3. The summed E-state index contributed by atoms with van der Waals surface area (Å²) >= 11 is 13.7. The Bertz CT molecular complexity index is 745. The lowest BCUT2D eigenvalue weighted by Crippen LogP contribution is -1.83. The van der Waals surface area contributed by atoms with Gasteiger partial charge in [0, 0.05) is 32.6 Å². The Morgan fingerprint density at radius 2 is 2.11 bits per heavy atom. The number of nitrogens with zero attached hydrogens (tertiary/aromatic N) is 1. The van der Waals surface area contributed by atoms with E-state index in [1.54, 1.807) is 6.07 Å². The summed E-state index contributed by atoms with van der Waals surface area (Å²) in [5.74, 6) is 0. The summed E-state index contributed by atoms with van der Waals surface area (Å²) in [5, 5.41) is 2.70. The maximum absolute atomic E-state index is 6.26. The molecule has 3 rings (SSSR count). The smallest absolute Gasteiger partial charge is 0.180 e. The maximum Gasteiger partial charge on any atom is 0.180 e. The summed E-state index contributed by atoms with van der Waals surface area (Å²) in [7, 11) is 0. The van der Waals surface area contributed by atoms with Crippen molar-refractivity contribution in [2.24, 2.45) is 0 Å². The van der Waals surface area contributed by atoms with Gasteiger partial charge in [-0.2, -0.15) is 0 Å². The number of hydrogen-bond donors (Lipinski definition) is 2. The van der Waals surface area contributed by atoms with Crippen LogP contribution in [0.15, 0.2) is 18.3 Å². The molecule has 0 aliphatic carbocycles. The van der Waals surface area contributed by atoms with E-state index < -0.39 is 0 Å². The Morgan fingerprint density at radius 3 is 2.78 bits per heavy atom. The van der Waals surface area contributed by atoms with Crippen LogP contribution in [0.4, 0.5) is 5.13 Å². The summed E-state index contributed by atoms with van der Waals surface area (Å²) in [6, 6.07) is 3.57. The topological polar surface area (TPSA) is 54.7 Å². The van der Waals surface area contributed by atoms with E-state index in [0.29, 0.717) is 15.2 Å². The first kappa shape index (κ1) is 11.8. The van der Waals surface area contributed by atoms with Crippen LogP contribution in [0.3, 0.4) is 0 Å². The molecule has 0 saturated heterocycles. The molecular weight excluding hydrogens is 289 g/mol. The van der Waals surface area contributed by atoms with Crippen LogP contribution in [0.2, 0.25) is 10.0 Å². The van der Waals surface area contributed by atoms with Crippen molar-refractivity contribution in [1.29, 1.82) is 0 Å². The summed E-state index contributed by atoms with van der Waals surface area (Å²) < 4.78 is 0. The highest BCUT2D eigenvalue weighted by Gasteiger charge is 2.15. The largest absolute Gasteiger partial charge is 0.375 e. The second-order valence-electron chi connectivity index (χ2n) is 3.97. The molecule has 0 saturated carbocycles. The SMILES string of the molecule is Cc1sc(N)nc1-c1c[nH]c2cc(Cl)cc(Cl)c12. The van der Waals surface area contributed by atoms with Crippen molar-refractivity contribution in [2.75, 3.05) is 5.73 Å². The third kappa shape index (κ3) is 1.77. The zero-order valence-electron chi connectivity index (χ0n) is 9.42. The molecular formula is C12H9Cl2N3S. The first-order valence-electron chi connectivity index (χ1n) is 5.25. The first-order valence-corrected chi connectivity index (χ1v) is 6.83. The van der Waals surface area contributed by atoms with Gasteiger partial charge in [-0.25, -0.2) is 4.98 Å². The molecule has 0 atom stereocenters. The molecule has 2 heterocycles. The number of nitrogen functional groups attached to an aromatic ring is 1. The number of anilines is 1. The predicted octanol–water partition coefficient (Wildman–Crippen LogP) is 4.49. The van der Waals surface area contributed by atoms with Crippen molar-refractivity contribution >= 4 is 50.6 Å². The van der Waals surface area contributed by atoms with Gasteiger partial charge in [-0.05, 0) is 19.1 Å². The molecule has 0 radical (unpaired) electrons. The van der Waals surface area contributed by atoms with E-state index in [4.69, 9.17) is 28.9 Å². The molecule has 0 amide bonds. The maximum atomic E-state index is 6.26. The van der Waals surface area contributed by atoms with Gasteiger partial charge < -0.3 is 10.7 Å². The van der Waals surface area contributed by atoms with Crippen LogP contribution in [0, 0.1) is 6.92 Å². The predicted molar refractivity (Wildman–Crippen MR) is 78.6 cm³/mol. The minimum Gasteiger partial charge on any atom is -0.375 e. The number of nitrogens with one attached hydrogen (secondary N) is 1. The highest BCUT2D eigenvalue weighted by Crippen LogP contribution is 2.38. The summed E-state index contributed by atoms with van der Waals surface area (Å²) in [6.07, 6.45) is 1.88. The number of H-pyrrole nitrogens is 1. The second-order valence-corrected chi connectivity index (χ2v) is 6.05. The molecule has 0 unspecified atom stereocenters. The van der Waals surface area contributed by atoms with Gasteiger partial charge in [0.2, 0.25) is 0 Å². The molecule has 3 nitrogen and oxygen atoms in total. The Balaban J connectivity index is 2.34. The van der Waals surface area contributed by atoms with Crippen LogP contribution >= 0.6 is 34.5 Å². The van der Waals surface area contributed by atoms with Gasteiger partial charge in [0.1, 0.15) is 0 Å². The Kier molecular flexibility index (Phi) is 2.73. The van der Waals surface area contributed by atoms with Gasteiger partial charge in [0.15, 0.2) is 5.13 Å². The van der Waals surface area contributed by atoms with Crippen LogP contribution in [0.25, 0.3) is 22.2 Å². The molecule has 3 aromatic rings. The quantitative estimate of drug-likeness (QED) is 0.695. The zero-order valence-corrected chi connectivity index (χ0v) is 11.7. The number of benzene rings is 1.